The number of nitrogens with zero attached hydrogens (tertiary/aromatic N) is 1. The van der Waals surface area contributed by atoms with Crippen LogP contribution in [0.2, 0.25) is 0 Å². The van der Waals surface area contributed by atoms with Gasteiger partial charge in [-0.1, -0.05) is 30.3 Å². The number of carbonyl (C=O) groups is 1. The van der Waals surface area contributed by atoms with Gasteiger partial charge in [0.25, 0.3) is 0 Å². The maximum absolute atomic E-state index is 10.8. The molecule has 0 aliphatic carbocycles. The van der Waals surface area contributed by atoms with E-state index in [-0.39, 0.29) is 11.8 Å². The number of ketones is 1. The van der Waals surface area contributed by atoms with Crippen LogP contribution in [-0.4, -0.2) is 18.0 Å². The number of aliphatic imine (C=N–C) groups is 1. The first-order valence-corrected chi connectivity index (χ1v) is 4.76. The van der Waals surface area contributed by atoms with Gasteiger partial charge in [-0.2, -0.15) is 0 Å². The average molecular weight is 189 g/mol. The molecule has 0 heterocycles. The van der Waals surface area contributed by atoms with Gasteiger partial charge in [-0.25, -0.2) is 0 Å². The molecule has 0 radical (unpaired) electrons. The maximum atomic E-state index is 10.8. The van der Waals surface area contributed by atoms with Gasteiger partial charge in [0.1, 0.15) is 5.78 Å². The molecular formula is C12H15NO. The summed E-state index contributed by atoms with van der Waals surface area (Å²) in [6.07, 6.45) is 2.33. The third kappa shape index (κ3) is 3.99. The summed E-state index contributed by atoms with van der Waals surface area (Å²) in [6, 6.07) is 9.96. The van der Waals surface area contributed by atoms with Gasteiger partial charge in [0, 0.05) is 12.6 Å². The molecule has 1 aromatic carbocycles. The molecule has 0 fully saturated rings. The van der Waals surface area contributed by atoms with Gasteiger partial charge in [0.15, 0.2) is 0 Å². The highest BCUT2D eigenvalue weighted by atomic mass is 16.1. The van der Waals surface area contributed by atoms with E-state index in [1.807, 2.05) is 43.5 Å². The number of benzene rings is 1. The molecule has 0 bridgehead atoms. The van der Waals surface area contributed by atoms with Gasteiger partial charge < -0.3 is 0 Å². The molecule has 0 aliphatic rings. The summed E-state index contributed by atoms with van der Waals surface area (Å²) < 4.78 is 0. The molecule has 0 amide bonds. The summed E-state index contributed by atoms with van der Waals surface area (Å²) in [5.41, 5.74) is 1.07. The lowest BCUT2D eigenvalue weighted by molar-refractivity contribution is -0.117. The molecular weight excluding hydrogens is 174 g/mol. The van der Waals surface area contributed by atoms with Crippen molar-refractivity contribution >= 4 is 12.0 Å². The zero-order chi connectivity index (χ0) is 10.4. The van der Waals surface area contributed by atoms with Crippen molar-refractivity contribution in [3.05, 3.63) is 35.9 Å². The lowest BCUT2D eigenvalue weighted by Gasteiger charge is -2.01. The molecule has 0 aromatic heterocycles. The molecule has 0 spiro atoms. The van der Waals surface area contributed by atoms with Crippen molar-refractivity contribution in [2.75, 3.05) is 0 Å². The predicted molar refractivity (Wildman–Crippen MR) is 58.8 cm³/mol. The molecule has 0 saturated carbocycles. The Morgan fingerprint density at radius 1 is 1.43 bits per heavy atom. The minimum absolute atomic E-state index is 0.0766. The quantitative estimate of drug-likeness (QED) is 0.669. The second-order valence-electron chi connectivity index (χ2n) is 3.44. The molecule has 1 unspecified atom stereocenters. The van der Waals surface area contributed by atoms with E-state index in [4.69, 9.17) is 0 Å². The molecule has 1 atom stereocenters. The van der Waals surface area contributed by atoms with Crippen molar-refractivity contribution in [1.82, 2.24) is 0 Å². The van der Waals surface area contributed by atoms with Crippen LogP contribution in [0.5, 0.6) is 0 Å². The molecule has 14 heavy (non-hydrogen) atoms. The average Bonchev–Trinajstić information content (AvgIpc) is 2.15. The molecule has 0 saturated heterocycles. The van der Waals surface area contributed by atoms with E-state index in [0.29, 0.717) is 6.42 Å². The van der Waals surface area contributed by atoms with E-state index in [0.717, 1.165) is 5.56 Å². The van der Waals surface area contributed by atoms with Gasteiger partial charge in [0.2, 0.25) is 0 Å². The van der Waals surface area contributed by atoms with Crippen molar-refractivity contribution in [1.29, 1.82) is 0 Å². The van der Waals surface area contributed by atoms with E-state index in [1.165, 1.54) is 0 Å². The Morgan fingerprint density at radius 3 is 2.64 bits per heavy atom. The Morgan fingerprint density at radius 2 is 2.07 bits per heavy atom. The van der Waals surface area contributed by atoms with E-state index >= 15 is 0 Å². The Kier molecular flexibility index (Phi) is 4.05. The summed E-state index contributed by atoms with van der Waals surface area (Å²) in [5.74, 6) is 0.183. The third-order valence-electron chi connectivity index (χ3n) is 1.86. The van der Waals surface area contributed by atoms with Gasteiger partial charge in [-0.15, -0.1) is 0 Å². The van der Waals surface area contributed by atoms with Crippen LogP contribution in [0.25, 0.3) is 0 Å². The molecule has 2 nitrogen and oxygen atoms in total. The summed E-state index contributed by atoms with van der Waals surface area (Å²) in [4.78, 5) is 15.1. The van der Waals surface area contributed by atoms with Gasteiger partial charge in [-0.3, -0.25) is 9.79 Å². The van der Waals surface area contributed by atoms with E-state index < -0.39 is 0 Å². The number of hydrogen-bond acceptors (Lipinski definition) is 2. The highest BCUT2D eigenvalue weighted by Gasteiger charge is 2.00. The highest BCUT2D eigenvalue weighted by Crippen LogP contribution is 1.99. The lowest BCUT2D eigenvalue weighted by atomic mass is 10.2. The summed E-state index contributed by atoms with van der Waals surface area (Å²) >= 11 is 0. The second kappa shape index (κ2) is 5.32. The van der Waals surface area contributed by atoms with E-state index in [1.54, 1.807) is 6.92 Å². The zero-order valence-electron chi connectivity index (χ0n) is 8.60. The van der Waals surface area contributed by atoms with Crippen molar-refractivity contribution in [2.45, 2.75) is 26.3 Å². The van der Waals surface area contributed by atoms with Crippen LogP contribution in [0.1, 0.15) is 25.8 Å². The van der Waals surface area contributed by atoms with Crippen LogP contribution in [0.4, 0.5) is 0 Å². The lowest BCUT2D eigenvalue weighted by Crippen LogP contribution is -2.04. The fourth-order valence-electron chi connectivity index (χ4n) is 1.22. The van der Waals surface area contributed by atoms with Crippen LogP contribution in [0.15, 0.2) is 35.3 Å². The Hall–Kier alpha value is -1.44. The highest BCUT2D eigenvalue weighted by molar-refractivity contribution is 5.80. The summed E-state index contributed by atoms with van der Waals surface area (Å²) in [6.45, 7) is 3.54. The molecule has 0 N–H and O–H groups in total. The van der Waals surface area contributed by atoms with Crippen LogP contribution in [-0.2, 0) is 4.79 Å². The van der Waals surface area contributed by atoms with Crippen molar-refractivity contribution < 1.29 is 4.79 Å². The number of hydrogen-bond donors (Lipinski definition) is 0. The van der Waals surface area contributed by atoms with Crippen molar-refractivity contribution in [2.24, 2.45) is 4.99 Å². The van der Waals surface area contributed by atoms with Gasteiger partial charge in [0.05, 0.1) is 6.04 Å². The van der Waals surface area contributed by atoms with Crippen molar-refractivity contribution in [3.63, 3.8) is 0 Å². The first-order chi connectivity index (χ1) is 6.68. The molecule has 2 heteroatoms. The first kappa shape index (κ1) is 10.6. The fourth-order valence-corrected chi connectivity index (χ4v) is 1.22. The Labute approximate surface area is 84.7 Å². The van der Waals surface area contributed by atoms with Crippen LogP contribution < -0.4 is 0 Å². The smallest absolute Gasteiger partial charge is 0.131 e. The number of rotatable bonds is 4. The molecule has 1 rings (SSSR count). The minimum Gasteiger partial charge on any atom is -0.300 e. The SMILES string of the molecule is CC(=O)CC(C)N=Cc1ccccc1. The Balaban J connectivity index is 2.52. The van der Waals surface area contributed by atoms with Crippen molar-refractivity contribution in [3.8, 4) is 0 Å². The predicted octanol–water partition coefficient (Wildman–Crippen LogP) is 2.47. The third-order valence-corrected chi connectivity index (χ3v) is 1.86. The normalized spacial score (nSPS) is 13.0. The summed E-state index contributed by atoms with van der Waals surface area (Å²) in [5, 5.41) is 0. The Bertz CT molecular complexity index is 316. The number of carbonyl (C=O) groups excluding carboxylic acids is 1. The maximum Gasteiger partial charge on any atom is 0.131 e. The molecule has 74 valence electrons. The van der Waals surface area contributed by atoms with Crippen LogP contribution in [0.3, 0.4) is 0 Å². The number of Topliss-reactive ketones (excluding diaryl/α,β-unsaturated/α-hetero) is 1. The topological polar surface area (TPSA) is 29.4 Å². The van der Waals surface area contributed by atoms with Crippen LogP contribution in [0, 0.1) is 0 Å². The van der Waals surface area contributed by atoms with Gasteiger partial charge >= 0.3 is 0 Å². The van der Waals surface area contributed by atoms with Crippen LogP contribution >= 0.6 is 0 Å². The van der Waals surface area contributed by atoms with Gasteiger partial charge in [-0.05, 0) is 19.4 Å². The zero-order valence-corrected chi connectivity index (χ0v) is 8.60. The second-order valence-corrected chi connectivity index (χ2v) is 3.44. The fraction of sp³-hybridized carbons (Fsp3) is 0.333. The minimum atomic E-state index is 0.0766. The monoisotopic (exact) mass is 189 g/mol. The van der Waals surface area contributed by atoms with E-state index in [2.05, 4.69) is 4.99 Å². The molecule has 0 aliphatic heterocycles. The van der Waals surface area contributed by atoms with E-state index in [9.17, 15) is 4.79 Å². The standard InChI is InChI=1S/C12H15NO/c1-10(8-11(2)14)13-9-12-6-4-3-5-7-12/h3-7,9-10H,8H2,1-2H3. The first-order valence-electron chi connectivity index (χ1n) is 4.76. The largest absolute Gasteiger partial charge is 0.300 e. The molecule has 1 aromatic rings. The summed E-state index contributed by atoms with van der Waals surface area (Å²) in [7, 11) is 0.